The monoisotopic (exact) mass is 413 g/mol. The number of esters is 1. The second-order valence-corrected chi connectivity index (χ2v) is 9.98. The first-order valence-electron chi connectivity index (χ1n) is 7.31. The lowest BCUT2D eigenvalue weighted by Crippen LogP contribution is -2.46. The topological polar surface area (TPSA) is 80.8 Å². The Morgan fingerprint density at radius 2 is 2.12 bits per heavy atom. The molecule has 10 heteroatoms. The number of sulfone groups is 1. The fraction of sp³-hybridized carbons (Fsp3) is 0.571. The Labute approximate surface area is 154 Å². The van der Waals surface area contributed by atoms with Gasteiger partial charge in [-0.2, -0.15) is 0 Å². The van der Waals surface area contributed by atoms with Gasteiger partial charge in [-0.1, -0.05) is 23.2 Å². The lowest BCUT2D eigenvalue weighted by atomic mass is 10.2. The van der Waals surface area contributed by atoms with Crippen LogP contribution in [-0.4, -0.2) is 55.4 Å². The molecule has 1 aliphatic rings. The van der Waals surface area contributed by atoms with E-state index in [2.05, 4.69) is 0 Å². The zero-order valence-electron chi connectivity index (χ0n) is 13.1. The van der Waals surface area contributed by atoms with Crippen molar-refractivity contribution in [2.45, 2.75) is 32.4 Å². The van der Waals surface area contributed by atoms with Crippen LogP contribution >= 0.6 is 34.5 Å². The molecule has 24 heavy (non-hydrogen) atoms. The van der Waals surface area contributed by atoms with Gasteiger partial charge in [0.05, 0.1) is 21.4 Å². The summed E-state index contributed by atoms with van der Waals surface area (Å²) in [5.74, 6) is -1.15. The van der Waals surface area contributed by atoms with E-state index in [-0.39, 0.29) is 27.4 Å². The van der Waals surface area contributed by atoms with Gasteiger partial charge in [0.1, 0.15) is 4.34 Å². The smallest absolute Gasteiger partial charge is 0.341 e. The summed E-state index contributed by atoms with van der Waals surface area (Å²) in [5.41, 5.74) is 0.109. The molecular weight excluding hydrogens is 397 g/mol. The Hall–Kier alpha value is -0.830. The van der Waals surface area contributed by atoms with Crippen LogP contribution in [-0.2, 0) is 19.4 Å². The summed E-state index contributed by atoms with van der Waals surface area (Å²) in [6.07, 6.45) is -0.648. The summed E-state index contributed by atoms with van der Waals surface area (Å²) < 4.78 is 28.9. The number of carbonyl (C=O) groups is 2. The summed E-state index contributed by atoms with van der Waals surface area (Å²) in [5, 5.41) is 0. The molecule has 0 saturated carbocycles. The highest BCUT2D eigenvalue weighted by atomic mass is 35.5. The maximum absolute atomic E-state index is 12.5. The first-order valence-corrected chi connectivity index (χ1v) is 10.7. The van der Waals surface area contributed by atoms with E-state index in [1.165, 1.54) is 17.9 Å². The minimum Gasteiger partial charge on any atom is -0.449 e. The van der Waals surface area contributed by atoms with E-state index >= 15 is 0 Å². The minimum absolute atomic E-state index is 0.0563. The fourth-order valence-electron chi connectivity index (χ4n) is 2.60. The molecule has 0 spiro atoms. The lowest BCUT2D eigenvalue weighted by Gasteiger charge is -2.29. The number of thiophene rings is 1. The van der Waals surface area contributed by atoms with Crippen molar-refractivity contribution in [3.63, 3.8) is 0 Å². The van der Waals surface area contributed by atoms with Gasteiger partial charge in [0.25, 0.3) is 5.91 Å². The van der Waals surface area contributed by atoms with E-state index in [0.717, 1.165) is 11.3 Å². The molecule has 2 rings (SSSR count). The Kier molecular flexibility index (Phi) is 6.17. The van der Waals surface area contributed by atoms with Crippen LogP contribution < -0.4 is 0 Å². The average Bonchev–Trinajstić information content (AvgIpc) is 3.01. The highest BCUT2D eigenvalue weighted by molar-refractivity contribution is 7.91. The molecular formula is C14H17Cl2NO5S2. The number of hydrogen-bond donors (Lipinski definition) is 0. The first kappa shape index (κ1) is 19.5. The van der Waals surface area contributed by atoms with Crippen molar-refractivity contribution in [3.05, 3.63) is 20.3 Å². The Balaban J connectivity index is 2.05. The van der Waals surface area contributed by atoms with Crippen molar-refractivity contribution in [2.75, 3.05) is 18.1 Å². The molecule has 1 aromatic rings. The predicted molar refractivity (Wildman–Crippen MR) is 93.7 cm³/mol. The number of nitrogens with zero attached hydrogens (tertiary/aromatic N) is 1. The number of rotatable bonds is 5. The molecule has 0 aromatic carbocycles. The van der Waals surface area contributed by atoms with Gasteiger partial charge in [0.15, 0.2) is 15.9 Å². The molecule has 0 N–H and O–H groups in total. The second-order valence-electron chi connectivity index (χ2n) is 5.47. The van der Waals surface area contributed by atoms with Crippen LogP contribution in [0.3, 0.4) is 0 Å². The normalized spacial score (nSPS) is 20.6. The number of carbonyl (C=O) groups excluding carboxylic acids is 2. The predicted octanol–water partition coefficient (Wildman–Crippen LogP) is 2.64. The highest BCUT2D eigenvalue weighted by Gasteiger charge is 2.36. The summed E-state index contributed by atoms with van der Waals surface area (Å²) in [7, 11) is -3.11. The van der Waals surface area contributed by atoms with Crippen LogP contribution in [0.2, 0.25) is 8.67 Å². The van der Waals surface area contributed by atoms with E-state index in [1.807, 2.05) is 0 Å². The van der Waals surface area contributed by atoms with Crippen LogP contribution in [0, 0.1) is 0 Å². The summed E-state index contributed by atoms with van der Waals surface area (Å²) >= 11 is 12.7. The second kappa shape index (κ2) is 7.59. The SMILES string of the molecule is CCN(C(=O)C(C)OC(=O)c1cc(Cl)sc1Cl)C1CCS(=O)(=O)C1. The third kappa shape index (κ3) is 4.41. The van der Waals surface area contributed by atoms with Gasteiger partial charge in [-0.15, -0.1) is 11.3 Å². The van der Waals surface area contributed by atoms with Gasteiger partial charge in [-0.25, -0.2) is 13.2 Å². The van der Waals surface area contributed by atoms with E-state index in [4.69, 9.17) is 27.9 Å². The van der Waals surface area contributed by atoms with Crippen molar-refractivity contribution in [1.82, 2.24) is 4.90 Å². The van der Waals surface area contributed by atoms with Crippen molar-refractivity contribution < 1.29 is 22.7 Å². The summed E-state index contributed by atoms with van der Waals surface area (Å²) in [4.78, 5) is 26.1. The van der Waals surface area contributed by atoms with Gasteiger partial charge in [-0.3, -0.25) is 4.79 Å². The number of amides is 1. The van der Waals surface area contributed by atoms with Crippen molar-refractivity contribution in [2.24, 2.45) is 0 Å². The third-order valence-electron chi connectivity index (χ3n) is 3.78. The van der Waals surface area contributed by atoms with Crippen molar-refractivity contribution in [1.29, 1.82) is 0 Å². The summed E-state index contributed by atoms with van der Waals surface area (Å²) in [6, 6.07) is 1.00. The van der Waals surface area contributed by atoms with Gasteiger partial charge in [0.2, 0.25) is 0 Å². The molecule has 2 atom stereocenters. The fourth-order valence-corrected chi connectivity index (χ4v) is 5.77. The van der Waals surface area contributed by atoms with Gasteiger partial charge < -0.3 is 9.64 Å². The number of ether oxygens (including phenoxy) is 1. The molecule has 2 heterocycles. The van der Waals surface area contributed by atoms with E-state index < -0.39 is 27.8 Å². The largest absolute Gasteiger partial charge is 0.449 e. The van der Waals surface area contributed by atoms with E-state index in [9.17, 15) is 18.0 Å². The third-order valence-corrected chi connectivity index (χ3v) is 7.02. The Morgan fingerprint density at radius 1 is 1.46 bits per heavy atom. The highest BCUT2D eigenvalue weighted by Crippen LogP contribution is 2.31. The molecule has 2 unspecified atom stereocenters. The number of likely N-dealkylation sites (N-methyl/N-ethyl adjacent to an activating group) is 1. The van der Waals surface area contributed by atoms with Crippen LogP contribution in [0.5, 0.6) is 0 Å². The Morgan fingerprint density at radius 3 is 2.58 bits per heavy atom. The standard InChI is InChI=1S/C14H17Cl2NO5S2/c1-3-17(9-4-5-24(20,21)7-9)13(18)8(2)22-14(19)10-6-11(15)23-12(10)16/h6,8-9H,3-5,7H2,1-2H3. The van der Waals surface area contributed by atoms with Gasteiger partial charge in [-0.05, 0) is 26.3 Å². The number of hydrogen-bond acceptors (Lipinski definition) is 6. The molecule has 0 aliphatic carbocycles. The van der Waals surface area contributed by atoms with Crippen LogP contribution in [0.4, 0.5) is 0 Å². The molecule has 1 aromatic heterocycles. The van der Waals surface area contributed by atoms with Crippen LogP contribution in [0.15, 0.2) is 6.07 Å². The van der Waals surface area contributed by atoms with E-state index in [1.54, 1.807) is 6.92 Å². The first-order chi connectivity index (χ1) is 11.1. The lowest BCUT2D eigenvalue weighted by molar-refractivity contribution is -0.141. The minimum atomic E-state index is -3.11. The van der Waals surface area contributed by atoms with Crippen molar-refractivity contribution >= 4 is 56.3 Å². The Bertz CT molecular complexity index is 746. The molecule has 0 radical (unpaired) electrons. The molecule has 6 nitrogen and oxygen atoms in total. The van der Waals surface area contributed by atoms with Crippen LogP contribution in [0.25, 0.3) is 0 Å². The maximum atomic E-state index is 12.5. The quantitative estimate of drug-likeness (QED) is 0.692. The molecule has 1 saturated heterocycles. The summed E-state index contributed by atoms with van der Waals surface area (Å²) in [6.45, 7) is 3.55. The molecule has 134 valence electrons. The van der Waals surface area contributed by atoms with E-state index in [0.29, 0.717) is 17.3 Å². The zero-order valence-corrected chi connectivity index (χ0v) is 16.3. The van der Waals surface area contributed by atoms with Gasteiger partial charge >= 0.3 is 5.97 Å². The zero-order chi connectivity index (χ0) is 18.1. The average molecular weight is 414 g/mol. The van der Waals surface area contributed by atoms with Crippen LogP contribution in [0.1, 0.15) is 30.6 Å². The molecule has 0 bridgehead atoms. The maximum Gasteiger partial charge on any atom is 0.341 e. The van der Waals surface area contributed by atoms with Crippen molar-refractivity contribution in [3.8, 4) is 0 Å². The molecule has 1 aliphatic heterocycles. The number of halogens is 2. The molecule has 1 fully saturated rings. The molecule has 1 amide bonds. The van der Waals surface area contributed by atoms with Gasteiger partial charge in [0, 0.05) is 12.6 Å².